The molecule has 1 aliphatic heterocycles. The van der Waals surface area contributed by atoms with Crippen LogP contribution in [0.1, 0.15) is 41.6 Å². The molecule has 5 heteroatoms. The summed E-state index contributed by atoms with van der Waals surface area (Å²) in [6.45, 7) is 2.76. The molecule has 0 saturated carbocycles. The van der Waals surface area contributed by atoms with E-state index in [4.69, 9.17) is 5.11 Å². The number of carbonyl (C=O) groups is 2. The maximum absolute atomic E-state index is 14.0. The molecule has 21 heavy (non-hydrogen) atoms. The van der Waals surface area contributed by atoms with Crippen LogP contribution in [0, 0.1) is 18.7 Å². The third kappa shape index (κ3) is 3.80. The third-order valence-corrected chi connectivity index (χ3v) is 3.99. The molecular weight excluding hydrogens is 273 g/mol. The summed E-state index contributed by atoms with van der Waals surface area (Å²) < 4.78 is 14.0. The van der Waals surface area contributed by atoms with Gasteiger partial charge in [0.2, 0.25) is 0 Å². The summed E-state index contributed by atoms with van der Waals surface area (Å²) in [5, 5.41) is 8.73. The van der Waals surface area contributed by atoms with Crippen LogP contribution in [0.15, 0.2) is 18.2 Å². The summed E-state index contributed by atoms with van der Waals surface area (Å²) in [5.41, 5.74) is 0.564. The average molecular weight is 293 g/mol. The number of aryl methyl sites for hydroxylation is 1. The topological polar surface area (TPSA) is 57.6 Å². The molecule has 1 fully saturated rings. The Bertz CT molecular complexity index is 544. The molecule has 0 bridgehead atoms. The molecule has 1 aromatic carbocycles. The highest BCUT2D eigenvalue weighted by atomic mass is 19.1. The molecule has 1 amide bonds. The fourth-order valence-corrected chi connectivity index (χ4v) is 2.80. The van der Waals surface area contributed by atoms with Crippen LogP contribution in [0.4, 0.5) is 4.39 Å². The van der Waals surface area contributed by atoms with Gasteiger partial charge in [0.1, 0.15) is 5.82 Å². The molecule has 0 radical (unpaired) electrons. The molecule has 1 unspecified atom stereocenters. The Morgan fingerprint density at radius 3 is 2.90 bits per heavy atom. The van der Waals surface area contributed by atoms with Crippen molar-refractivity contribution in [3.05, 3.63) is 35.1 Å². The minimum atomic E-state index is -0.817. The molecule has 1 N–H and O–H groups in total. The van der Waals surface area contributed by atoms with Gasteiger partial charge < -0.3 is 10.0 Å². The number of rotatable bonds is 4. The van der Waals surface area contributed by atoms with E-state index in [9.17, 15) is 14.0 Å². The molecule has 0 aliphatic carbocycles. The normalized spacial score (nSPS) is 18.6. The summed E-state index contributed by atoms with van der Waals surface area (Å²) in [6.07, 6.45) is 2.44. The first kappa shape index (κ1) is 15.5. The molecule has 4 nitrogen and oxygen atoms in total. The Kier molecular flexibility index (Phi) is 4.94. The number of amides is 1. The van der Waals surface area contributed by atoms with Gasteiger partial charge in [-0.25, -0.2) is 4.39 Å². The number of hydrogen-bond acceptors (Lipinski definition) is 2. The van der Waals surface area contributed by atoms with Gasteiger partial charge in [0, 0.05) is 19.5 Å². The molecule has 2 rings (SSSR count). The van der Waals surface area contributed by atoms with Gasteiger partial charge in [-0.1, -0.05) is 12.1 Å². The second kappa shape index (κ2) is 6.70. The zero-order chi connectivity index (χ0) is 15.4. The summed E-state index contributed by atoms with van der Waals surface area (Å²) in [4.78, 5) is 24.7. The van der Waals surface area contributed by atoms with E-state index in [1.807, 2.05) is 0 Å². The second-order valence-electron chi connectivity index (χ2n) is 5.63. The van der Waals surface area contributed by atoms with Crippen molar-refractivity contribution >= 4 is 11.9 Å². The standard InChI is InChI=1S/C16H20FNO3/c1-11-4-2-6-13(15(11)17)16(21)18-9-3-5-12(10-18)7-8-14(19)20/h2,4,6,12H,3,5,7-10H2,1H3,(H,19,20). The van der Waals surface area contributed by atoms with Crippen molar-refractivity contribution < 1.29 is 19.1 Å². The van der Waals surface area contributed by atoms with Crippen molar-refractivity contribution in [1.29, 1.82) is 0 Å². The molecule has 1 atom stereocenters. The van der Waals surface area contributed by atoms with E-state index in [1.54, 1.807) is 24.0 Å². The number of benzene rings is 1. The monoisotopic (exact) mass is 293 g/mol. The van der Waals surface area contributed by atoms with E-state index in [0.717, 1.165) is 12.8 Å². The lowest BCUT2D eigenvalue weighted by Gasteiger charge is -2.32. The van der Waals surface area contributed by atoms with Crippen LogP contribution in [0.25, 0.3) is 0 Å². The smallest absolute Gasteiger partial charge is 0.303 e. The number of piperidine rings is 1. The number of aliphatic carboxylic acids is 1. The van der Waals surface area contributed by atoms with E-state index >= 15 is 0 Å². The van der Waals surface area contributed by atoms with Gasteiger partial charge in [-0.3, -0.25) is 9.59 Å². The van der Waals surface area contributed by atoms with Crippen molar-refractivity contribution in [3.63, 3.8) is 0 Å². The summed E-state index contributed by atoms with van der Waals surface area (Å²) >= 11 is 0. The van der Waals surface area contributed by atoms with E-state index < -0.39 is 11.8 Å². The fourth-order valence-electron chi connectivity index (χ4n) is 2.80. The van der Waals surface area contributed by atoms with Crippen LogP contribution < -0.4 is 0 Å². The van der Waals surface area contributed by atoms with Crippen LogP contribution in [0.5, 0.6) is 0 Å². The zero-order valence-electron chi connectivity index (χ0n) is 12.1. The lowest BCUT2D eigenvalue weighted by Crippen LogP contribution is -2.40. The van der Waals surface area contributed by atoms with Crippen molar-refractivity contribution in [2.75, 3.05) is 13.1 Å². The first-order chi connectivity index (χ1) is 9.99. The van der Waals surface area contributed by atoms with Crippen LogP contribution in [-0.4, -0.2) is 35.0 Å². The SMILES string of the molecule is Cc1cccc(C(=O)N2CCCC(CCC(=O)O)C2)c1F. The Morgan fingerprint density at radius 1 is 1.43 bits per heavy atom. The highest BCUT2D eigenvalue weighted by Crippen LogP contribution is 2.23. The lowest BCUT2D eigenvalue weighted by atomic mass is 9.93. The quantitative estimate of drug-likeness (QED) is 0.928. The number of carboxylic acid groups (broad SMARTS) is 1. The first-order valence-corrected chi connectivity index (χ1v) is 7.25. The van der Waals surface area contributed by atoms with Crippen LogP contribution in [0.2, 0.25) is 0 Å². The predicted octanol–water partition coefficient (Wildman–Crippen LogP) is 2.85. The Hall–Kier alpha value is -1.91. The van der Waals surface area contributed by atoms with E-state index in [2.05, 4.69) is 0 Å². The van der Waals surface area contributed by atoms with Gasteiger partial charge >= 0.3 is 5.97 Å². The molecule has 1 aliphatic rings. The Morgan fingerprint density at radius 2 is 2.19 bits per heavy atom. The average Bonchev–Trinajstić information content (AvgIpc) is 2.47. The number of likely N-dealkylation sites (tertiary alicyclic amines) is 1. The Balaban J connectivity index is 2.05. The van der Waals surface area contributed by atoms with E-state index in [0.29, 0.717) is 25.1 Å². The highest BCUT2D eigenvalue weighted by Gasteiger charge is 2.26. The van der Waals surface area contributed by atoms with Gasteiger partial charge in [0.05, 0.1) is 5.56 Å². The number of carbonyl (C=O) groups excluding carboxylic acids is 1. The summed E-state index contributed by atoms with van der Waals surface area (Å²) in [7, 11) is 0. The predicted molar refractivity (Wildman–Crippen MR) is 76.6 cm³/mol. The Labute approximate surface area is 123 Å². The first-order valence-electron chi connectivity index (χ1n) is 7.25. The number of nitrogens with zero attached hydrogens (tertiary/aromatic N) is 1. The maximum atomic E-state index is 14.0. The van der Waals surface area contributed by atoms with Crippen LogP contribution in [-0.2, 0) is 4.79 Å². The molecule has 0 spiro atoms. The van der Waals surface area contributed by atoms with Crippen molar-refractivity contribution in [3.8, 4) is 0 Å². The maximum Gasteiger partial charge on any atom is 0.303 e. The van der Waals surface area contributed by atoms with Crippen molar-refractivity contribution in [2.24, 2.45) is 5.92 Å². The van der Waals surface area contributed by atoms with Gasteiger partial charge in [-0.05, 0) is 43.7 Å². The number of carboxylic acids is 1. The van der Waals surface area contributed by atoms with Gasteiger partial charge in [0.15, 0.2) is 0 Å². The minimum Gasteiger partial charge on any atom is -0.481 e. The minimum absolute atomic E-state index is 0.105. The lowest BCUT2D eigenvalue weighted by molar-refractivity contribution is -0.137. The largest absolute Gasteiger partial charge is 0.481 e. The van der Waals surface area contributed by atoms with Crippen LogP contribution >= 0.6 is 0 Å². The molecular formula is C16H20FNO3. The molecule has 114 valence electrons. The zero-order valence-corrected chi connectivity index (χ0v) is 12.1. The molecule has 1 saturated heterocycles. The van der Waals surface area contributed by atoms with E-state index in [-0.39, 0.29) is 23.8 Å². The van der Waals surface area contributed by atoms with Crippen LogP contribution in [0.3, 0.4) is 0 Å². The number of hydrogen-bond donors (Lipinski definition) is 1. The number of halogens is 1. The van der Waals surface area contributed by atoms with Gasteiger partial charge in [-0.15, -0.1) is 0 Å². The molecule has 1 aromatic rings. The second-order valence-corrected chi connectivity index (χ2v) is 5.63. The molecule has 1 heterocycles. The summed E-state index contributed by atoms with van der Waals surface area (Å²) in [5.74, 6) is -1.39. The molecule has 0 aromatic heterocycles. The fraction of sp³-hybridized carbons (Fsp3) is 0.500. The van der Waals surface area contributed by atoms with Crippen molar-refractivity contribution in [2.45, 2.75) is 32.6 Å². The highest BCUT2D eigenvalue weighted by molar-refractivity contribution is 5.94. The summed E-state index contributed by atoms with van der Waals surface area (Å²) in [6, 6.07) is 4.82. The third-order valence-electron chi connectivity index (χ3n) is 3.99. The van der Waals surface area contributed by atoms with Gasteiger partial charge in [0.25, 0.3) is 5.91 Å². The van der Waals surface area contributed by atoms with Crippen molar-refractivity contribution in [1.82, 2.24) is 4.90 Å². The van der Waals surface area contributed by atoms with Gasteiger partial charge in [-0.2, -0.15) is 0 Å². The van der Waals surface area contributed by atoms with E-state index in [1.165, 1.54) is 6.07 Å².